The number of thiazole rings is 1. The molecule has 0 amide bonds. The molecule has 0 aliphatic carbocycles. The third-order valence-corrected chi connectivity index (χ3v) is 4.21. The molecule has 1 heterocycles. The maximum absolute atomic E-state index is 4.67. The van der Waals surface area contributed by atoms with Crippen LogP contribution in [0.1, 0.15) is 51.2 Å². The average Bonchev–Trinajstić information content (AvgIpc) is 2.89. The van der Waals surface area contributed by atoms with Crippen molar-refractivity contribution in [3.05, 3.63) is 16.1 Å². The molecule has 0 atom stereocenters. The molecule has 0 aliphatic heterocycles. The summed E-state index contributed by atoms with van der Waals surface area (Å²) in [5, 5.41) is 9.97. The Hall–Kier alpha value is -0.410. The molecule has 0 saturated carbocycles. The van der Waals surface area contributed by atoms with Crippen LogP contribution in [0.15, 0.2) is 10.4 Å². The minimum Gasteiger partial charge on any atom is -0.357 e. The lowest BCUT2D eigenvalue weighted by atomic mass is 9.93. The van der Waals surface area contributed by atoms with E-state index in [-0.39, 0.29) is 29.4 Å². The Morgan fingerprint density at radius 1 is 1.33 bits per heavy atom. The van der Waals surface area contributed by atoms with Crippen LogP contribution in [0.5, 0.6) is 0 Å². The molecule has 0 unspecified atom stereocenters. The summed E-state index contributed by atoms with van der Waals surface area (Å²) in [7, 11) is 4.21. The van der Waals surface area contributed by atoms with Gasteiger partial charge < -0.3 is 15.5 Å². The Balaban J connectivity index is 0.00000529. The van der Waals surface area contributed by atoms with Crippen LogP contribution in [0, 0.1) is 5.41 Å². The molecular formula is C17H34IN5S. The van der Waals surface area contributed by atoms with Gasteiger partial charge >= 0.3 is 0 Å². The largest absolute Gasteiger partial charge is 0.357 e. The normalized spacial score (nSPS) is 12.5. The van der Waals surface area contributed by atoms with Gasteiger partial charge in [0.05, 0.1) is 12.2 Å². The Morgan fingerprint density at radius 2 is 2.00 bits per heavy atom. The Morgan fingerprint density at radius 3 is 2.50 bits per heavy atom. The lowest BCUT2D eigenvalue weighted by Crippen LogP contribution is -2.44. The van der Waals surface area contributed by atoms with E-state index in [4.69, 9.17) is 0 Å². The van der Waals surface area contributed by atoms with Gasteiger partial charge in [0.2, 0.25) is 0 Å². The topological polar surface area (TPSA) is 52.6 Å². The van der Waals surface area contributed by atoms with Crippen molar-refractivity contribution < 1.29 is 0 Å². The molecule has 0 radical (unpaired) electrons. The van der Waals surface area contributed by atoms with Crippen LogP contribution in [0.4, 0.5) is 0 Å². The van der Waals surface area contributed by atoms with Crippen LogP contribution in [0.3, 0.4) is 0 Å². The average molecular weight is 467 g/mol. The van der Waals surface area contributed by atoms with Crippen molar-refractivity contribution in [2.24, 2.45) is 10.4 Å². The van der Waals surface area contributed by atoms with Gasteiger partial charge in [-0.1, -0.05) is 27.7 Å². The molecule has 0 spiro atoms. The number of aliphatic imine (C=N–C) groups is 1. The first-order valence-electron chi connectivity index (χ1n) is 8.34. The summed E-state index contributed by atoms with van der Waals surface area (Å²) < 4.78 is 0. The number of guanidine groups is 1. The van der Waals surface area contributed by atoms with Crippen molar-refractivity contribution in [3.8, 4) is 0 Å². The Kier molecular flexibility index (Phi) is 11.1. The summed E-state index contributed by atoms with van der Waals surface area (Å²) in [6.45, 7) is 14.3. The summed E-state index contributed by atoms with van der Waals surface area (Å²) in [6.07, 6.45) is 0. The van der Waals surface area contributed by atoms with Crippen LogP contribution in [0.25, 0.3) is 0 Å². The SMILES string of the molecule is CCNC(=NCc1nc(C(C)C)cs1)NCC(C)(C)CN(C)C.I. The van der Waals surface area contributed by atoms with Crippen molar-refractivity contribution in [3.63, 3.8) is 0 Å². The fourth-order valence-corrected chi connectivity index (χ4v) is 3.27. The van der Waals surface area contributed by atoms with E-state index < -0.39 is 0 Å². The van der Waals surface area contributed by atoms with Gasteiger partial charge in [0.15, 0.2) is 5.96 Å². The summed E-state index contributed by atoms with van der Waals surface area (Å²) >= 11 is 1.69. The standard InChI is InChI=1S/C17H33N5S.HI/c1-8-18-16(20-11-17(4,5)12-22(6)7)19-9-15-21-14(10-23-15)13(2)3;/h10,13H,8-9,11-12H2,1-7H3,(H2,18,19,20);1H. The van der Waals surface area contributed by atoms with Crippen LogP contribution in [-0.2, 0) is 6.54 Å². The number of nitrogens with zero attached hydrogens (tertiary/aromatic N) is 3. The van der Waals surface area contributed by atoms with Crippen molar-refractivity contribution in [1.82, 2.24) is 20.5 Å². The molecule has 0 aromatic carbocycles. The molecule has 140 valence electrons. The molecule has 0 bridgehead atoms. The van der Waals surface area contributed by atoms with E-state index in [2.05, 4.69) is 79.6 Å². The molecule has 1 aromatic heterocycles. The van der Waals surface area contributed by atoms with Gasteiger partial charge in [-0.05, 0) is 32.4 Å². The van der Waals surface area contributed by atoms with E-state index in [0.29, 0.717) is 12.5 Å². The number of rotatable bonds is 8. The number of halogens is 1. The van der Waals surface area contributed by atoms with Crippen molar-refractivity contribution in [2.45, 2.75) is 47.1 Å². The van der Waals surface area contributed by atoms with E-state index in [1.807, 2.05) is 0 Å². The summed E-state index contributed by atoms with van der Waals surface area (Å²) in [5.41, 5.74) is 1.34. The van der Waals surface area contributed by atoms with Gasteiger partial charge in [-0.3, -0.25) is 0 Å². The molecule has 0 saturated heterocycles. The highest BCUT2D eigenvalue weighted by Crippen LogP contribution is 2.18. The number of aromatic nitrogens is 1. The number of hydrogen-bond donors (Lipinski definition) is 2. The van der Waals surface area contributed by atoms with E-state index in [0.717, 1.165) is 36.3 Å². The maximum atomic E-state index is 4.67. The third kappa shape index (κ3) is 9.17. The second-order valence-electron chi connectivity index (χ2n) is 7.27. The molecule has 2 N–H and O–H groups in total. The number of hydrogen-bond acceptors (Lipinski definition) is 4. The lowest BCUT2D eigenvalue weighted by molar-refractivity contribution is 0.241. The lowest BCUT2D eigenvalue weighted by Gasteiger charge is -2.29. The van der Waals surface area contributed by atoms with Crippen LogP contribution >= 0.6 is 35.3 Å². The summed E-state index contributed by atoms with van der Waals surface area (Å²) in [5.74, 6) is 1.34. The molecule has 7 heteroatoms. The zero-order chi connectivity index (χ0) is 17.5. The van der Waals surface area contributed by atoms with E-state index in [1.54, 1.807) is 11.3 Å². The van der Waals surface area contributed by atoms with Crippen LogP contribution < -0.4 is 10.6 Å². The molecule has 1 aromatic rings. The van der Waals surface area contributed by atoms with Gasteiger partial charge in [0.25, 0.3) is 0 Å². The molecular weight excluding hydrogens is 433 g/mol. The molecule has 5 nitrogen and oxygen atoms in total. The van der Waals surface area contributed by atoms with E-state index in [1.165, 1.54) is 0 Å². The first-order chi connectivity index (χ1) is 10.7. The van der Waals surface area contributed by atoms with Gasteiger partial charge in [-0.15, -0.1) is 35.3 Å². The highest BCUT2D eigenvalue weighted by atomic mass is 127. The van der Waals surface area contributed by atoms with E-state index >= 15 is 0 Å². The molecule has 24 heavy (non-hydrogen) atoms. The fraction of sp³-hybridized carbons (Fsp3) is 0.765. The van der Waals surface area contributed by atoms with Gasteiger partial charge in [0, 0.05) is 25.0 Å². The van der Waals surface area contributed by atoms with Crippen LogP contribution in [-0.4, -0.2) is 49.6 Å². The minimum atomic E-state index is 0. The first kappa shape index (κ1) is 23.6. The molecule has 1 rings (SSSR count). The maximum Gasteiger partial charge on any atom is 0.191 e. The van der Waals surface area contributed by atoms with Crippen molar-refractivity contribution >= 4 is 41.3 Å². The fourth-order valence-electron chi connectivity index (χ4n) is 2.39. The van der Waals surface area contributed by atoms with Gasteiger partial charge in [-0.25, -0.2) is 9.98 Å². The van der Waals surface area contributed by atoms with E-state index in [9.17, 15) is 0 Å². The summed E-state index contributed by atoms with van der Waals surface area (Å²) in [4.78, 5) is 11.5. The number of nitrogens with one attached hydrogen (secondary N) is 2. The monoisotopic (exact) mass is 467 g/mol. The predicted octanol–water partition coefficient (Wildman–Crippen LogP) is 3.53. The Labute approximate surface area is 168 Å². The Bertz CT molecular complexity index is 497. The minimum absolute atomic E-state index is 0. The smallest absolute Gasteiger partial charge is 0.191 e. The van der Waals surface area contributed by atoms with Crippen molar-refractivity contribution in [1.29, 1.82) is 0 Å². The predicted molar refractivity (Wildman–Crippen MR) is 117 cm³/mol. The highest BCUT2D eigenvalue weighted by molar-refractivity contribution is 14.0. The van der Waals surface area contributed by atoms with Crippen LogP contribution in [0.2, 0.25) is 0 Å². The molecule has 0 fully saturated rings. The third-order valence-electron chi connectivity index (χ3n) is 3.36. The zero-order valence-corrected chi connectivity index (χ0v) is 19.3. The van der Waals surface area contributed by atoms with Crippen molar-refractivity contribution in [2.75, 3.05) is 33.7 Å². The molecule has 0 aliphatic rings. The van der Waals surface area contributed by atoms with Gasteiger partial charge in [-0.2, -0.15) is 0 Å². The zero-order valence-electron chi connectivity index (χ0n) is 16.1. The first-order valence-corrected chi connectivity index (χ1v) is 9.22. The second-order valence-corrected chi connectivity index (χ2v) is 8.21. The second kappa shape index (κ2) is 11.3. The van der Waals surface area contributed by atoms with Gasteiger partial charge in [0.1, 0.15) is 5.01 Å². The highest BCUT2D eigenvalue weighted by Gasteiger charge is 2.19. The quantitative estimate of drug-likeness (QED) is 0.349. The summed E-state index contributed by atoms with van der Waals surface area (Å²) in [6, 6.07) is 0.